The van der Waals surface area contributed by atoms with Gasteiger partial charge in [0.05, 0.1) is 106 Å². The van der Waals surface area contributed by atoms with Gasteiger partial charge in [-0.25, -0.2) is 49.8 Å². The number of nitrogens with one attached hydrogen (secondary N) is 7. The number of fused-ring (bicyclic) bond motifs is 15. The van der Waals surface area contributed by atoms with E-state index >= 15 is 0 Å². The Labute approximate surface area is 879 Å². The molecule has 5 aliphatic heterocycles. The van der Waals surface area contributed by atoms with E-state index in [0.717, 1.165) is 331 Å². The summed E-state index contributed by atoms with van der Waals surface area (Å²) in [7, 11) is 3.35. The van der Waals surface area contributed by atoms with Crippen molar-refractivity contribution < 1.29 is 33.2 Å². The zero-order chi connectivity index (χ0) is 104. The molecule has 0 aliphatic carbocycles. The number of benzene rings is 3. The predicted molar refractivity (Wildman–Crippen MR) is 584 cm³/mol. The van der Waals surface area contributed by atoms with E-state index in [1.54, 1.807) is 51.4 Å². The van der Waals surface area contributed by atoms with Gasteiger partial charge in [-0.1, -0.05) is 68.8 Å². The van der Waals surface area contributed by atoms with Gasteiger partial charge in [-0.15, -0.1) is 0 Å². The Morgan fingerprint density at radius 3 is 0.933 bits per heavy atom. The van der Waals surface area contributed by atoms with Gasteiger partial charge in [-0.3, -0.25) is 4.68 Å². The fourth-order valence-electron chi connectivity index (χ4n) is 20.4. The van der Waals surface area contributed by atoms with E-state index in [1.807, 2.05) is 110 Å². The van der Waals surface area contributed by atoms with Crippen LogP contribution in [0, 0.1) is 70.5 Å². The Morgan fingerprint density at radius 2 is 0.647 bits per heavy atom. The predicted octanol–water partition coefficient (Wildman–Crippen LogP) is 21.3. The van der Waals surface area contributed by atoms with Crippen molar-refractivity contribution in [3.63, 3.8) is 0 Å². The summed E-state index contributed by atoms with van der Waals surface area (Å²) in [6, 6.07) is 41.6. The van der Waals surface area contributed by atoms with E-state index in [4.69, 9.17) is 44.8 Å². The van der Waals surface area contributed by atoms with Gasteiger partial charge < -0.3 is 83.4 Å². The van der Waals surface area contributed by atoms with Crippen molar-refractivity contribution >= 4 is 137 Å². The van der Waals surface area contributed by atoms with E-state index in [0.29, 0.717) is 62.2 Å². The van der Waals surface area contributed by atoms with Crippen LogP contribution in [0.3, 0.4) is 0 Å². The molecule has 0 bridgehead atoms. The first kappa shape index (κ1) is 101. The summed E-state index contributed by atoms with van der Waals surface area (Å²) < 4.78 is 45.7. The van der Waals surface area contributed by atoms with Gasteiger partial charge in [0, 0.05) is 147 Å². The summed E-state index contributed by atoms with van der Waals surface area (Å²) in [5, 5.41) is 69.1. The van der Waals surface area contributed by atoms with Crippen molar-refractivity contribution in [1.29, 1.82) is 26.3 Å². The minimum Gasteiger partial charge on any atom is -0.496 e. The maximum absolute atomic E-state index is 9.77. The van der Waals surface area contributed by atoms with Crippen LogP contribution in [0.5, 0.6) is 40.2 Å². The lowest BCUT2D eigenvalue weighted by Crippen LogP contribution is -2.38. The Morgan fingerprint density at radius 1 is 0.353 bits per heavy atom. The monoisotopic (exact) mass is 2090 g/mol. The molecule has 24 rings (SSSR count). The van der Waals surface area contributed by atoms with E-state index in [-0.39, 0.29) is 36.6 Å². The first-order valence-corrected chi connectivity index (χ1v) is 52.2. The minimum atomic E-state index is 0.0585. The Hall–Kier alpha value is -16.0. The van der Waals surface area contributed by atoms with Gasteiger partial charge in [0.15, 0.2) is 57.2 Å². The number of aromatic nitrogens is 17. The maximum atomic E-state index is 9.77. The normalized spacial score (nSPS) is 15.3. The fourth-order valence-corrected chi connectivity index (χ4v) is 20.9. The number of ether oxygens (including phenoxy) is 7. The molecular formula is C114H113BrClN27O7. The molecule has 760 valence electrons. The number of rotatable bonds is 20. The molecule has 3 aromatic carbocycles. The summed E-state index contributed by atoms with van der Waals surface area (Å²) in [5.74, 6) is 4.43. The number of methoxy groups -OCH3 is 2. The topological polar surface area (TPSA) is 443 Å². The summed E-state index contributed by atoms with van der Waals surface area (Å²) >= 11 is 9.66. The third-order valence-corrected chi connectivity index (χ3v) is 29.4. The first-order chi connectivity index (χ1) is 73.3. The van der Waals surface area contributed by atoms with Gasteiger partial charge in [-0.2, -0.15) is 31.4 Å². The molecule has 5 saturated heterocycles. The lowest BCUT2D eigenvalue weighted by Gasteiger charge is -2.31. The van der Waals surface area contributed by atoms with E-state index in [1.165, 1.54) is 0 Å². The molecule has 0 unspecified atom stereocenters. The highest BCUT2D eigenvalue weighted by molar-refractivity contribution is 9.10. The van der Waals surface area contributed by atoms with Crippen LogP contribution in [0.15, 0.2) is 170 Å². The van der Waals surface area contributed by atoms with Crippen molar-refractivity contribution in [3.05, 3.63) is 214 Å². The summed E-state index contributed by atoms with van der Waals surface area (Å²) in [6.07, 6.45) is 31.0. The number of nitrogens with zero attached hydrogens (tertiary/aromatic N) is 20. The molecular weight excluding hydrogens is 1970 g/mol. The Kier molecular flexibility index (Phi) is 30.6. The van der Waals surface area contributed by atoms with Crippen LogP contribution in [-0.4, -0.2) is 229 Å². The molecule has 7 N–H and O–H groups in total. The molecule has 34 nitrogen and oxygen atoms in total. The van der Waals surface area contributed by atoms with Crippen LogP contribution in [0.4, 0.5) is 0 Å². The highest BCUT2D eigenvalue weighted by Crippen LogP contribution is 2.46. The molecule has 0 atom stereocenters. The molecule has 0 radical (unpaired) electrons. The lowest BCUT2D eigenvalue weighted by atomic mass is 10.0. The molecule has 5 aliphatic rings. The molecule has 0 saturated carbocycles. The van der Waals surface area contributed by atoms with E-state index in [2.05, 4.69) is 222 Å². The number of nitriles is 5. The average Bonchev–Trinajstić information content (AvgIpc) is 1.62. The van der Waals surface area contributed by atoms with Crippen LogP contribution in [0.25, 0.3) is 154 Å². The zero-order valence-corrected chi connectivity index (χ0v) is 87.2. The van der Waals surface area contributed by atoms with Crippen LogP contribution in [0.2, 0.25) is 5.02 Å². The number of pyridine rings is 10. The van der Waals surface area contributed by atoms with E-state index in [9.17, 15) is 26.3 Å². The largest absolute Gasteiger partial charge is 0.496 e. The third kappa shape index (κ3) is 21.4. The van der Waals surface area contributed by atoms with Crippen molar-refractivity contribution in [2.24, 2.45) is 0 Å². The first-order valence-electron chi connectivity index (χ1n) is 51.0. The highest BCUT2D eigenvalue weighted by Gasteiger charge is 2.32. The standard InChI is InChI=1S/C26H27N5O2.C24H22ClN5O.C24H23N5O2.C22H23N7O.C18H18BrN5O/c1-4-31-9-7-19(8-10-31)33-25-21(13-27)28-15-22-24(25)20-11-18(14-29-26(20)30-22)17-6-5-16(2)23(12-17)32-3;1-2-30-8-6-18(7-9-30)31-23-20(12-26)27-14-21-22(23)19-11-16(13-28-24(19)29-21)15-4-3-5-17(25)10-15;1-14-3-4-15(10-21(14)30-2)16-9-18-22-20(29-24(18)28-12-16)13-27-19(11-25)23(22)31-17-5-7-26-8-6-17;1-13(2)29-12-15(10-27-29)14-7-17-20-19(28-22(17)26-9-14)11-25-18(8-23)21(20)30-16-3-5-24-6-4-16;1-2-24-5-3-12(4-6-24)25-17-14(8-20)21-10-15-16(17)13-7-11(19)9-22-18(13)23-15/h5-6,11-12,14-15,19H,4,7-10H2,1-3H3,(H,29,30);3-5,10-11,13-14,18H,2,6-9H2,1H3,(H,28,29);3-4,9-10,12-13,17,26H,5-8H2,1-2H3,(H,28,29);7,9-13,16,24H,3-6H2,1-2H3,(H,26,28);7,9-10,12H,2-6H2,1H3,(H,22,23). The molecule has 5 fully saturated rings. The van der Waals surface area contributed by atoms with Gasteiger partial charge in [0.1, 0.15) is 101 Å². The van der Waals surface area contributed by atoms with Gasteiger partial charge >= 0.3 is 0 Å². The Bertz CT molecular complexity index is 8470. The Balaban J connectivity index is 0.000000114. The number of aryl methyl sites for hydroxylation is 2. The number of likely N-dealkylation sites (tertiary alicyclic amines) is 3. The second-order valence-corrected chi connectivity index (χ2v) is 39.8. The van der Waals surface area contributed by atoms with Crippen molar-refractivity contribution in [2.75, 3.05) is 99.3 Å². The number of hydrogen-bond donors (Lipinski definition) is 7. The molecule has 21 heterocycles. The molecule has 150 heavy (non-hydrogen) atoms. The molecule has 36 heteroatoms. The SMILES string of the molecule is CC(C)n1cc(-c2cnc3[nH]c4cnc(C#N)c(OC5CCNCC5)c4c3c2)cn1.CCN1CCC(Oc2c(C#N)ncc3[nH]c4ncc(-c5ccc(C)c(OC)c5)cc4c23)CC1.CCN1CCC(Oc2c(C#N)ncc3[nH]c4ncc(-c5cccc(Cl)c5)cc4c23)CC1.CCN1CCC(Oc2c(C#N)ncc3[nH]c4ncc(Br)cc4c23)CC1.COc1cc(-c2cnc3[nH]c4cnc(C#N)c(OC5CCNCC5)c4c3c2)ccc1C. The fraction of sp³-hybridized carbons (Fsp3) is 0.333. The second kappa shape index (κ2) is 45.4. The second-order valence-electron chi connectivity index (χ2n) is 38.4. The van der Waals surface area contributed by atoms with Crippen LogP contribution in [0.1, 0.15) is 144 Å². The minimum absolute atomic E-state index is 0.0585. The number of piperidine rings is 5. The highest BCUT2D eigenvalue weighted by atomic mass is 79.9. The van der Waals surface area contributed by atoms with Gasteiger partial charge in [0.25, 0.3) is 0 Å². The molecule has 0 amide bonds. The number of hydrogen-bond acceptors (Lipinski definition) is 28. The number of H-pyrrole nitrogens is 5. The summed E-state index contributed by atoms with van der Waals surface area (Å²) in [6.45, 7) is 27.6. The zero-order valence-electron chi connectivity index (χ0n) is 84.9. The van der Waals surface area contributed by atoms with Crippen LogP contribution < -0.4 is 43.8 Å². The molecule has 19 aromatic rings. The van der Waals surface area contributed by atoms with Crippen LogP contribution >= 0.6 is 27.5 Å². The summed E-state index contributed by atoms with van der Waals surface area (Å²) in [5.41, 5.74) is 19.4. The van der Waals surface area contributed by atoms with E-state index < -0.39 is 0 Å². The third-order valence-electron chi connectivity index (χ3n) is 28.8. The smallest absolute Gasteiger partial charge is 0.183 e. The van der Waals surface area contributed by atoms with Gasteiger partial charge in [0.2, 0.25) is 0 Å². The van der Waals surface area contributed by atoms with Gasteiger partial charge in [-0.05, 0) is 236 Å². The number of halogens is 2. The average molecular weight is 2090 g/mol. The van der Waals surface area contributed by atoms with Crippen molar-refractivity contribution in [1.82, 2.24) is 110 Å². The molecule has 0 spiro atoms. The summed E-state index contributed by atoms with van der Waals surface area (Å²) in [4.78, 5) is 68.3. The lowest BCUT2D eigenvalue weighted by molar-refractivity contribution is 0.104. The quantitative estimate of drug-likeness (QED) is 0.0372. The number of aromatic amines is 5. The molecule has 16 aromatic heterocycles. The van der Waals surface area contributed by atoms with Crippen molar-refractivity contribution in [2.45, 2.75) is 149 Å². The van der Waals surface area contributed by atoms with Crippen LogP contribution in [-0.2, 0) is 0 Å². The maximum Gasteiger partial charge on any atom is 0.183 e. The van der Waals surface area contributed by atoms with Crippen molar-refractivity contribution in [3.8, 4) is 115 Å².